The number of aryl methyl sites for hydroxylation is 2. The lowest BCUT2D eigenvalue weighted by atomic mass is 10.1. The molecule has 1 heterocycles. The second-order valence-corrected chi connectivity index (χ2v) is 3.11. The van der Waals surface area contributed by atoms with Crippen LogP contribution in [0.3, 0.4) is 0 Å². The molecule has 0 fully saturated rings. The van der Waals surface area contributed by atoms with E-state index in [1.165, 1.54) is 0 Å². The van der Waals surface area contributed by atoms with E-state index < -0.39 is 0 Å². The molecule has 0 aliphatic rings. The van der Waals surface area contributed by atoms with E-state index >= 15 is 0 Å². The third-order valence-electron chi connectivity index (χ3n) is 2.08. The quantitative estimate of drug-likeness (QED) is 0.678. The number of hydrogen-bond donors (Lipinski definition) is 1. The van der Waals surface area contributed by atoms with Crippen LogP contribution in [-0.2, 0) is 6.42 Å². The monoisotopic (exact) mass is 176 g/mol. The van der Waals surface area contributed by atoms with Crippen molar-refractivity contribution >= 4 is 16.8 Å². The van der Waals surface area contributed by atoms with Gasteiger partial charge in [-0.15, -0.1) is 0 Å². The van der Waals surface area contributed by atoms with Gasteiger partial charge in [-0.2, -0.15) is 0 Å². The van der Waals surface area contributed by atoms with Crippen molar-refractivity contribution in [1.29, 1.82) is 0 Å². The zero-order valence-corrected chi connectivity index (χ0v) is 7.79. The number of oxazole rings is 1. The van der Waals surface area contributed by atoms with Crippen molar-refractivity contribution in [2.24, 2.45) is 0 Å². The fourth-order valence-electron chi connectivity index (χ4n) is 1.50. The van der Waals surface area contributed by atoms with Crippen LogP contribution in [0.5, 0.6) is 0 Å². The minimum absolute atomic E-state index is 0.690. The van der Waals surface area contributed by atoms with E-state index in [-0.39, 0.29) is 0 Å². The number of nitrogens with zero attached hydrogens (tertiary/aromatic N) is 1. The highest BCUT2D eigenvalue weighted by Gasteiger charge is 2.07. The van der Waals surface area contributed by atoms with Crippen LogP contribution in [0, 0.1) is 6.92 Å². The Bertz CT molecular complexity index is 445. The number of rotatable bonds is 1. The first-order valence-corrected chi connectivity index (χ1v) is 4.36. The van der Waals surface area contributed by atoms with Crippen molar-refractivity contribution in [3.63, 3.8) is 0 Å². The van der Waals surface area contributed by atoms with Gasteiger partial charge in [0.2, 0.25) is 0 Å². The minimum atomic E-state index is 0.690. The number of hydrogen-bond acceptors (Lipinski definition) is 3. The molecule has 0 bridgehead atoms. The molecule has 3 nitrogen and oxygen atoms in total. The maximum absolute atomic E-state index is 5.73. The molecule has 13 heavy (non-hydrogen) atoms. The summed E-state index contributed by atoms with van der Waals surface area (Å²) in [7, 11) is 0. The van der Waals surface area contributed by atoms with Crippen LogP contribution in [-0.4, -0.2) is 4.98 Å². The number of nitrogen functional groups attached to an aromatic ring is 1. The van der Waals surface area contributed by atoms with Crippen molar-refractivity contribution in [3.05, 3.63) is 23.6 Å². The molecule has 3 heteroatoms. The lowest BCUT2D eigenvalue weighted by Gasteiger charge is -1.98. The van der Waals surface area contributed by atoms with Crippen molar-refractivity contribution in [1.82, 2.24) is 4.98 Å². The van der Waals surface area contributed by atoms with Crippen LogP contribution in [0.25, 0.3) is 11.1 Å². The van der Waals surface area contributed by atoms with Gasteiger partial charge in [0.05, 0.1) is 0 Å². The first kappa shape index (κ1) is 8.10. The normalized spacial score (nSPS) is 10.9. The smallest absolute Gasteiger partial charge is 0.192 e. The molecular formula is C10H12N2O. The molecular weight excluding hydrogens is 164 g/mol. The minimum Gasteiger partial charge on any atom is -0.441 e. The van der Waals surface area contributed by atoms with Gasteiger partial charge in [0.25, 0.3) is 0 Å². The van der Waals surface area contributed by atoms with Gasteiger partial charge in [0, 0.05) is 12.6 Å². The highest BCUT2D eigenvalue weighted by molar-refractivity contribution is 5.80. The van der Waals surface area contributed by atoms with Crippen LogP contribution in [0.1, 0.15) is 18.4 Å². The summed E-state index contributed by atoms with van der Waals surface area (Å²) in [5.74, 6) is 0.690. The Kier molecular flexibility index (Phi) is 1.72. The second kappa shape index (κ2) is 2.76. The van der Waals surface area contributed by atoms with Crippen LogP contribution >= 0.6 is 0 Å². The zero-order chi connectivity index (χ0) is 9.42. The summed E-state index contributed by atoms with van der Waals surface area (Å²) in [6.07, 6.45) is 0.913. The highest BCUT2D eigenvalue weighted by Crippen LogP contribution is 2.23. The van der Waals surface area contributed by atoms with E-state index in [1.54, 1.807) is 0 Å². The Morgan fingerprint density at radius 3 is 2.92 bits per heavy atom. The van der Waals surface area contributed by atoms with Gasteiger partial charge in [-0.25, -0.2) is 4.98 Å². The standard InChI is InChI=1S/C10H12N2O/c1-3-7-4-8(11)5-9-10(7)13-6(2)12-9/h4-5H,3,11H2,1-2H3. The fourth-order valence-corrected chi connectivity index (χ4v) is 1.50. The van der Waals surface area contributed by atoms with Crippen molar-refractivity contribution in [3.8, 4) is 0 Å². The van der Waals surface area contributed by atoms with E-state index in [9.17, 15) is 0 Å². The SMILES string of the molecule is CCc1cc(N)cc2nc(C)oc12. The fraction of sp³-hybridized carbons (Fsp3) is 0.300. The van der Waals surface area contributed by atoms with Gasteiger partial charge in [-0.05, 0) is 24.1 Å². The molecule has 0 atom stereocenters. The Hall–Kier alpha value is -1.51. The zero-order valence-electron chi connectivity index (χ0n) is 7.79. The lowest BCUT2D eigenvalue weighted by Crippen LogP contribution is -1.88. The number of nitrogens with two attached hydrogens (primary N) is 1. The lowest BCUT2D eigenvalue weighted by molar-refractivity contribution is 0.558. The van der Waals surface area contributed by atoms with Gasteiger partial charge in [-0.3, -0.25) is 0 Å². The molecule has 2 rings (SSSR count). The average Bonchev–Trinajstić information content (AvgIpc) is 2.43. The van der Waals surface area contributed by atoms with E-state index in [0.717, 1.165) is 28.8 Å². The molecule has 0 saturated heterocycles. The van der Waals surface area contributed by atoms with Crippen molar-refractivity contribution in [2.45, 2.75) is 20.3 Å². The Labute approximate surface area is 76.6 Å². The van der Waals surface area contributed by atoms with E-state index in [0.29, 0.717) is 5.89 Å². The summed E-state index contributed by atoms with van der Waals surface area (Å²) >= 11 is 0. The van der Waals surface area contributed by atoms with E-state index in [1.807, 2.05) is 19.1 Å². The van der Waals surface area contributed by atoms with Gasteiger partial charge in [0.1, 0.15) is 5.52 Å². The molecule has 0 unspecified atom stereocenters. The number of anilines is 1. The summed E-state index contributed by atoms with van der Waals surface area (Å²) in [6.45, 7) is 3.92. The predicted molar refractivity (Wildman–Crippen MR) is 52.5 cm³/mol. The molecule has 0 aliphatic heterocycles. The highest BCUT2D eigenvalue weighted by atomic mass is 16.3. The van der Waals surface area contributed by atoms with Gasteiger partial charge >= 0.3 is 0 Å². The Morgan fingerprint density at radius 2 is 2.23 bits per heavy atom. The van der Waals surface area contributed by atoms with Crippen LogP contribution in [0.2, 0.25) is 0 Å². The Morgan fingerprint density at radius 1 is 1.46 bits per heavy atom. The molecule has 2 N–H and O–H groups in total. The summed E-state index contributed by atoms with van der Waals surface area (Å²) < 4.78 is 5.48. The van der Waals surface area contributed by atoms with E-state index in [4.69, 9.17) is 10.2 Å². The largest absolute Gasteiger partial charge is 0.441 e. The molecule has 1 aromatic carbocycles. The summed E-state index contributed by atoms with van der Waals surface area (Å²) in [5.41, 5.74) is 9.32. The molecule has 0 spiro atoms. The molecule has 1 aromatic heterocycles. The van der Waals surface area contributed by atoms with Gasteiger partial charge < -0.3 is 10.2 Å². The van der Waals surface area contributed by atoms with Crippen molar-refractivity contribution < 1.29 is 4.42 Å². The van der Waals surface area contributed by atoms with Crippen LogP contribution in [0.4, 0.5) is 5.69 Å². The molecule has 68 valence electrons. The predicted octanol–water partition coefficient (Wildman–Crippen LogP) is 2.28. The second-order valence-electron chi connectivity index (χ2n) is 3.11. The van der Waals surface area contributed by atoms with Crippen LogP contribution < -0.4 is 5.73 Å². The molecule has 0 aliphatic carbocycles. The topological polar surface area (TPSA) is 52.0 Å². The number of benzene rings is 1. The summed E-state index contributed by atoms with van der Waals surface area (Å²) in [5, 5.41) is 0. The average molecular weight is 176 g/mol. The molecule has 0 amide bonds. The first-order valence-electron chi connectivity index (χ1n) is 4.36. The van der Waals surface area contributed by atoms with Gasteiger partial charge in [-0.1, -0.05) is 6.92 Å². The molecule has 0 saturated carbocycles. The molecule has 0 radical (unpaired) electrons. The van der Waals surface area contributed by atoms with E-state index in [2.05, 4.69) is 11.9 Å². The number of aromatic nitrogens is 1. The third kappa shape index (κ3) is 1.26. The maximum atomic E-state index is 5.73. The summed E-state index contributed by atoms with van der Waals surface area (Å²) in [4.78, 5) is 4.24. The summed E-state index contributed by atoms with van der Waals surface area (Å²) in [6, 6.07) is 3.78. The van der Waals surface area contributed by atoms with Crippen molar-refractivity contribution in [2.75, 3.05) is 5.73 Å². The molecule has 2 aromatic rings. The Balaban J connectivity index is 2.80. The maximum Gasteiger partial charge on any atom is 0.192 e. The third-order valence-corrected chi connectivity index (χ3v) is 2.08. The first-order chi connectivity index (χ1) is 6.20. The number of fused-ring (bicyclic) bond motifs is 1. The van der Waals surface area contributed by atoms with Gasteiger partial charge in [0.15, 0.2) is 11.5 Å². The van der Waals surface area contributed by atoms with Crippen LogP contribution in [0.15, 0.2) is 16.5 Å².